The summed E-state index contributed by atoms with van der Waals surface area (Å²) in [5, 5.41) is 3.61. The number of nitrogens with one attached hydrogen (secondary N) is 1. The molecule has 1 aliphatic heterocycles. The molecule has 4 aromatic rings. The van der Waals surface area contributed by atoms with Crippen LogP contribution in [0, 0.1) is 0 Å². The standard InChI is InChI=1S/C31H38N6O6/c1-19(2)13-15-36-25-26(33-28(36)35-14-9-10-21(18-35)32-29(40)43-31(3,4)5)34(6)30(41)37(27(25)39)17-20-16-24(38)42-23-12-8-7-11-22(20)23/h7-8,11-13,16,21H,9-10,14-15,17-18H2,1-6H3,(H,32,40). The second kappa shape index (κ2) is 11.6. The molecule has 1 amide bonds. The summed E-state index contributed by atoms with van der Waals surface area (Å²) in [6, 6.07) is 8.16. The second-order valence-electron chi connectivity index (χ2n) is 12.2. The smallest absolute Gasteiger partial charge is 0.407 e. The molecule has 0 spiro atoms. The van der Waals surface area contributed by atoms with Gasteiger partial charge < -0.3 is 23.9 Å². The van der Waals surface area contributed by atoms with Crippen molar-refractivity contribution in [1.29, 1.82) is 0 Å². The Kier molecular flexibility index (Phi) is 8.04. The monoisotopic (exact) mass is 590 g/mol. The van der Waals surface area contributed by atoms with Gasteiger partial charge in [-0.15, -0.1) is 0 Å². The number of carbonyl (C=O) groups excluding carboxylic acids is 1. The topological polar surface area (TPSA) is 134 Å². The fourth-order valence-electron chi connectivity index (χ4n) is 5.42. The van der Waals surface area contributed by atoms with Crippen molar-refractivity contribution in [3.8, 4) is 0 Å². The molecule has 12 nitrogen and oxygen atoms in total. The van der Waals surface area contributed by atoms with Crippen LogP contribution in [-0.4, -0.2) is 49.5 Å². The highest BCUT2D eigenvalue weighted by Crippen LogP contribution is 2.24. The minimum absolute atomic E-state index is 0.109. The van der Waals surface area contributed by atoms with Gasteiger partial charge in [-0.05, 0) is 59.1 Å². The Labute approximate surface area is 248 Å². The van der Waals surface area contributed by atoms with Crippen LogP contribution >= 0.6 is 0 Å². The Bertz CT molecular complexity index is 1900. The summed E-state index contributed by atoms with van der Waals surface area (Å²) in [4.78, 5) is 59.3. The fraction of sp³-hybridized carbons (Fsp3) is 0.452. The van der Waals surface area contributed by atoms with E-state index in [1.54, 1.807) is 31.3 Å². The van der Waals surface area contributed by atoms with Crippen LogP contribution in [0.1, 0.15) is 53.0 Å². The number of allylic oxidation sites excluding steroid dienone is 2. The lowest BCUT2D eigenvalue weighted by Gasteiger charge is -2.34. The first-order valence-electron chi connectivity index (χ1n) is 14.4. The molecule has 1 saturated heterocycles. The first kappa shape index (κ1) is 29.9. The third-order valence-electron chi connectivity index (χ3n) is 7.38. The van der Waals surface area contributed by atoms with Crippen LogP contribution in [0.5, 0.6) is 0 Å². The summed E-state index contributed by atoms with van der Waals surface area (Å²) >= 11 is 0. The van der Waals surface area contributed by atoms with E-state index in [4.69, 9.17) is 14.1 Å². The molecule has 0 bridgehead atoms. The molecule has 1 aromatic carbocycles. The number of aromatic nitrogens is 4. The highest BCUT2D eigenvalue weighted by atomic mass is 16.6. The number of fused-ring (bicyclic) bond motifs is 2. The fourth-order valence-corrected chi connectivity index (χ4v) is 5.42. The zero-order chi connectivity index (χ0) is 31.1. The highest BCUT2D eigenvalue weighted by molar-refractivity contribution is 5.80. The summed E-state index contributed by atoms with van der Waals surface area (Å²) in [6.45, 7) is 10.8. The van der Waals surface area contributed by atoms with Gasteiger partial charge in [0, 0.05) is 44.2 Å². The normalized spacial score (nSPS) is 15.6. The number of hydrogen-bond acceptors (Lipinski definition) is 8. The van der Waals surface area contributed by atoms with Gasteiger partial charge in [0.15, 0.2) is 11.2 Å². The van der Waals surface area contributed by atoms with E-state index in [0.717, 1.165) is 23.0 Å². The van der Waals surface area contributed by atoms with Gasteiger partial charge >= 0.3 is 17.4 Å². The maximum Gasteiger partial charge on any atom is 0.407 e. The lowest BCUT2D eigenvalue weighted by molar-refractivity contribution is 0.0499. The van der Waals surface area contributed by atoms with E-state index >= 15 is 0 Å². The Balaban J connectivity index is 1.60. The molecule has 4 heterocycles. The minimum atomic E-state index is -0.614. The molecule has 3 aromatic heterocycles. The highest BCUT2D eigenvalue weighted by Gasteiger charge is 2.29. The van der Waals surface area contributed by atoms with Gasteiger partial charge in [-0.25, -0.2) is 14.4 Å². The molecule has 5 rings (SSSR count). The van der Waals surface area contributed by atoms with Crippen molar-refractivity contribution in [3.63, 3.8) is 0 Å². The Morgan fingerprint density at radius 1 is 1.16 bits per heavy atom. The third-order valence-corrected chi connectivity index (χ3v) is 7.38. The largest absolute Gasteiger partial charge is 0.444 e. The predicted molar refractivity (Wildman–Crippen MR) is 165 cm³/mol. The maximum atomic E-state index is 14.1. The van der Waals surface area contributed by atoms with Crippen LogP contribution in [0.25, 0.3) is 22.1 Å². The van der Waals surface area contributed by atoms with Crippen LogP contribution in [-0.2, 0) is 24.9 Å². The Morgan fingerprint density at radius 3 is 2.63 bits per heavy atom. The molecular formula is C31H38N6O6. The number of piperidine rings is 1. The summed E-state index contributed by atoms with van der Waals surface area (Å²) in [5.74, 6) is 0.541. The van der Waals surface area contributed by atoms with E-state index in [0.29, 0.717) is 42.1 Å². The van der Waals surface area contributed by atoms with Crippen LogP contribution in [0.15, 0.2) is 60.8 Å². The van der Waals surface area contributed by atoms with Crippen molar-refractivity contribution >= 4 is 34.2 Å². The summed E-state index contributed by atoms with van der Waals surface area (Å²) in [7, 11) is 1.59. The third kappa shape index (κ3) is 6.27. The number of alkyl carbamates (subject to hydrolysis) is 1. The summed E-state index contributed by atoms with van der Waals surface area (Å²) < 4.78 is 15.1. The lowest BCUT2D eigenvalue weighted by atomic mass is 10.1. The second-order valence-corrected chi connectivity index (χ2v) is 12.2. The van der Waals surface area contributed by atoms with Crippen molar-refractivity contribution < 1.29 is 13.9 Å². The van der Waals surface area contributed by atoms with Crippen LogP contribution in [0.2, 0.25) is 0 Å². The molecule has 12 heteroatoms. The van der Waals surface area contributed by atoms with Crippen molar-refractivity contribution in [2.75, 3.05) is 18.0 Å². The van der Waals surface area contributed by atoms with Gasteiger partial charge in [0.2, 0.25) is 5.95 Å². The van der Waals surface area contributed by atoms with E-state index in [1.165, 1.54) is 10.6 Å². The maximum absolute atomic E-state index is 14.1. The van der Waals surface area contributed by atoms with Crippen molar-refractivity contribution in [2.45, 2.75) is 72.2 Å². The van der Waals surface area contributed by atoms with Crippen molar-refractivity contribution in [3.05, 3.63) is 78.8 Å². The van der Waals surface area contributed by atoms with Gasteiger partial charge in [-0.2, -0.15) is 4.98 Å². The van der Waals surface area contributed by atoms with E-state index in [9.17, 15) is 19.2 Å². The Hall–Kier alpha value is -4.61. The van der Waals surface area contributed by atoms with Gasteiger partial charge in [0.05, 0.1) is 6.54 Å². The number of carbonyl (C=O) groups is 1. The minimum Gasteiger partial charge on any atom is -0.444 e. The number of nitrogens with zero attached hydrogens (tertiary/aromatic N) is 5. The first-order valence-corrected chi connectivity index (χ1v) is 14.4. The first-order chi connectivity index (χ1) is 20.3. The quantitative estimate of drug-likeness (QED) is 0.266. The number of imidazole rings is 1. The molecule has 1 fully saturated rings. The number of anilines is 1. The number of rotatable bonds is 6. The van der Waals surface area contributed by atoms with Crippen LogP contribution < -0.4 is 27.1 Å². The van der Waals surface area contributed by atoms with Crippen LogP contribution in [0.3, 0.4) is 0 Å². The molecule has 1 aliphatic rings. The van der Waals surface area contributed by atoms with E-state index < -0.39 is 28.6 Å². The molecule has 0 aliphatic carbocycles. The summed E-state index contributed by atoms with van der Waals surface area (Å²) in [5.41, 5.74) is 0.274. The molecule has 1 N–H and O–H groups in total. The molecular weight excluding hydrogens is 552 g/mol. The molecule has 1 atom stereocenters. The van der Waals surface area contributed by atoms with Gasteiger partial charge in [-0.1, -0.05) is 29.8 Å². The number of benzene rings is 1. The van der Waals surface area contributed by atoms with Crippen molar-refractivity contribution in [2.24, 2.45) is 7.05 Å². The van der Waals surface area contributed by atoms with Crippen LogP contribution in [0.4, 0.5) is 10.7 Å². The van der Waals surface area contributed by atoms with Gasteiger partial charge in [-0.3, -0.25) is 13.9 Å². The molecule has 0 radical (unpaired) electrons. The summed E-state index contributed by atoms with van der Waals surface area (Å²) in [6.07, 6.45) is 3.08. The number of aryl methyl sites for hydroxylation is 1. The number of amides is 1. The zero-order valence-corrected chi connectivity index (χ0v) is 25.5. The van der Waals surface area contributed by atoms with Gasteiger partial charge in [0.25, 0.3) is 5.56 Å². The average Bonchev–Trinajstić information content (AvgIpc) is 3.32. The lowest BCUT2D eigenvalue weighted by Crippen LogP contribution is -2.49. The predicted octanol–water partition coefficient (Wildman–Crippen LogP) is 3.51. The van der Waals surface area contributed by atoms with E-state index in [2.05, 4.69) is 5.32 Å². The molecule has 1 unspecified atom stereocenters. The van der Waals surface area contributed by atoms with E-state index in [-0.39, 0.29) is 23.8 Å². The number of para-hydroxylation sites is 1. The van der Waals surface area contributed by atoms with Crippen molar-refractivity contribution in [1.82, 2.24) is 24.0 Å². The molecule has 0 saturated carbocycles. The number of ether oxygens (including phenoxy) is 1. The SMILES string of the molecule is CC(C)=CCn1c(N2CCCC(NC(=O)OC(C)(C)C)C2)nc2c1c(=O)n(Cc1cc(=O)oc3ccccc13)c(=O)n2C. The zero-order valence-electron chi connectivity index (χ0n) is 25.5. The average molecular weight is 591 g/mol. The molecule has 228 valence electrons. The number of hydrogen-bond donors (Lipinski definition) is 1. The molecule has 43 heavy (non-hydrogen) atoms. The Morgan fingerprint density at radius 2 is 1.91 bits per heavy atom. The van der Waals surface area contributed by atoms with Gasteiger partial charge in [0.1, 0.15) is 11.2 Å². The van der Waals surface area contributed by atoms with E-state index in [1.807, 2.05) is 50.2 Å².